The number of aryl methyl sites for hydroxylation is 1. The zero-order valence-corrected chi connectivity index (χ0v) is 11.0. The average molecular weight is 259 g/mol. The highest BCUT2D eigenvalue weighted by molar-refractivity contribution is 6.31. The summed E-state index contributed by atoms with van der Waals surface area (Å²) in [5.41, 5.74) is 0.545. The highest BCUT2D eigenvalue weighted by atomic mass is 35.5. The van der Waals surface area contributed by atoms with Crippen molar-refractivity contribution in [3.63, 3.8) is 0 Å². The summed E-state index contributed by atoms with van der Waals surface area (Å²) in [5, 5.41) is 12.4. The summed E-state index contributed by atoms with van der Waals surface area (Å²) in [6.07, 6.45) is 3.38. The van der Waals surface area contributed by atoms with Crippen LogP contribution in [-0.4, -0.2) is 28.2 Å². The lowest BCUT2D eigenvalue weighted by Gasteiger charge is -2.15. The number of rotatable bonds is 6. The fourth-order valence-corrected chi connectivity index (χ4v) is 1.85. The molecule has 0 aromatic carbocycles. The molecule has 17 heavy (non-hydrogen) atoms. The third kappa shape index (κ3) is 3.75. The maximum atomic E-state index is 12.0. The largest absolute Gasteiger partial charge is 0.394 e. The van der Waals surface area contributed by atoms with E-state index in [0.29, 0.717) is 17.1 Å². The molecule has 0 radical (unpaired) electrons. The van der Waals surface area contributed by atoms with E-state index < -0.39 is 0 Å². The lowest BCUT2D eigenvalue weighted by Crippen LogP contribution is -2.37. The van der Waals surface area contributed by atoms with Crippen molar-refractivity contribution in [2.24, 2.45) is 0 Å². The van der Waals surface area contributed by atoms with Crippen LogP contribution in [0.4, 0.5) is 0 Å². The van der Waals surface area contributed by atoms with Crippen molar-refractivity contribution < 1.29 is 9.90 Å². The highest BCUT2D eigenvalue weighted by Crippen LogP contribution is 2.15. The molecule has 0 aliphatic carbocycles. The monoisotopic (exact) mass is 258 g/mol. The maximum absolute atomic E-state index is 12.0. The van der Waals surface area contributed by atoms with E-state index in [-0.39, 0.29) is 18.6 Å². The Hall–Kier alpha value is -1.00. The van der Waals surface area contributed by atoms with Crippen LogP contribution in [0.5, 0.6) is 0 Å². The van der Waals surface area contributed by atoms with Crippen molar-refractivity contribution in [3.05, 3.63) is 23.0 Å². The fraction of sp³-hybridized carbons (Fsp3) is 0.583. The summed E-state index contributed by atoms with van der Waals surface area (Å²) in [6.45, 7) is 4.66. The molecule has 1 atom stereocenters. The Morgan fingerprint density at radius 3 is 2.82 bits per heavy atom. The zero-order valence-electron chi connectivity index (χ0n) is 10.2. The smallest absolute Gasteiger partial charge is 0.268 e. The standard InChI is InChI=1S/C12H19ClN2O2/c1-3-5-15-7-9(13)6-11(15)12(17)14-10(4-2)8-16/h6-7,10,16H,3-5,8H2,1-2H3,(H,14,17)/t10-/m0/s1. The van der Waals surface area contributed by atoms with Crippen LogP contribution in [-0.2, 0) is 6.54 Å². The van der Waals surface area contributed by atoms with Crippen molar-refractivity contribution in [2.45, 2.75) is 39.3 Å². The lowest BCUT2D eigenvalue weighted by molar-refractivity contribution is 0.0905. The number of aromatic nitrogens is 1. The van der Waals surface area contributed by atoms with Crippen LogP contribution in [0.15, 0.2) is 12.3 Å². The molecule has 2 N–H and O–H groups in total. The Bertz CT molecular complexity index is 373. The first-order chi connectivity index (χ1) is 8.12. The molecule has 0 unspecified atom stereocenters. The molecule has 0 bridgehead atoms. The van der Waals surface area contributed by atoms with E-state index in [1.807, 2.05) is 18.4 Å². The van der Waals surface area contributed by atoms with Crippen molar-refractivity contribution in [2.75, 3.05) is 6.61 Å². The van der Waals surface area contributed by atoms with Crippen LogP contribution in [0, 0.1) is 0 Å². The van der Waals surface area contributed by atoms with Crippen molar-refractivity contribution in [1.29, 1.82) is 0 Å². The fourth-order valence-electron chi connectivity index (χ4n) is 1.63. The minimum absolute atomic E-state index is 0.0511. The van der Waals surface area contributed by atoms with Gasteiger partial charge in [-0.25, -0.2) is 0 Å². The Labute approximate surface area is 107 Å². The third-order valence-electron chi connectivity index (χ3n) is 2.61. The van der Waals surface area contributed by atoms with Gasteiger partial charge in [0.05, 0.1) is 17.7 Å². The van der Waals surface area contributed by atoms with E-state index >= 15 is 0 Å². The maximum Gasteiger partial charge on any atom is 0.268 e. The van der Waals surface area contributed by atoms with E-state index in [2.05, 4.69) is 5.32 Å². The van der Waals surface area contributed by atoms with Gasteiger partial charge in [-0.3, -0.25) is 4.79 Å². The van der Waals surface area contributed by atoms with Gasteiger partial charge in [0.15, 0.2) is 0 Å². The second-order valence-electron chi connectivity index (χ2n) is 4.00. The second kappa shape index (κ2) is 6.67. The number of carbonyl (C=O) groups is 1. The number of nitrogens with zero attached hydrogens (tertiary/aromatic N) is 1. The molecule has 0 aliphatic rings. The molecule has 5 heteroatoms. The van der Waals surface area contributed by atoms with Gasteiger partial charge in [0.25, 0.3) is 5.91 Å². The SMILES string of the molecule is CCCn1cc(Cl)cc1C(=O)N[C@@H](CC)CO. The van der Waals surface area contributed by atoms with Crippen LogP contribution in [0.3, 0.4) is 0 Å². The van der Waals surface area contributed by atoms with E-state index in [0.717, 1.165) is 13.0 Å². The van der Waals surface area contributed by atoms with Gasteiger partial charge < -0.3 is 15.0 Å². The number of halogens is 1. The Morgan fingerprint density at radius 1 is 1.59 bits per heavy atom. The first-order valence-corrected chi connectivity index (χ1v) is 6.27. The summed E-state index contributed by atoms with van der Waals surface area (Å²) < 4.78 is 1.84. The molecule has 1 aromatic rings. The van der Waals surface area contributed by atoms with E-state index in [1.165, 1.54) is 0 Å². The molecular formula is C12H19ClN2O2. The van der Waals surface area contributed by atoms with Crippen molar-refractivity contribution >= 4 is 17.5 Å². The number of nitrogens with one attached hydrogen (secondary N) is 1. The summed E-state index contributed by atoms with van der Waals surface area (Å²) in [4.78, 5) is 12.0. The molecule has 1 rings (SSSR count). The zero-order chi connectivity index (χ0) is 12.8. The Morgan fingerprint density at radius 2 is 2.29 bits per heavy atom. The average Bonchev–Trinajstić information content (AvgIpc) is 2.67. The van der Waals surface area contributed by atoms with Gasteiger partial charge in [-0.1, -0.05) is 25.4 Å². The lowest BCUT2D eigenvalue weighted by atomic mass is 10.2. The number of aliphatic hydroxyl groups excluding tert-OH is 1. The van der Waals surface area contributed by atoms with Gasteiger partial charge in [-0.2, -0.15) is 0 Å². The number of hydrogen-bond donors (Lipinski definition) is 2. The number of carbonyl (C=O) groups excluding carboxylic acids is 1. The van der Waals surface area contributed by atoms with Crippen molar-refractivity contribution in [3.8, 4) is 0 Å². The van der Waals surface area contributed by atoms with Gasteiger partial charge in [-0.15, -0.1) is 0 Å². The minimum Gasteiger partial charge on any atom is -0.394 e. The topological polar surface area (TPSA) is 54.3 Å². The molecule has 0 spiro atoms. The highest BCUT2D eigenvalue weighted by Gasteiger charge is 2.15. The molecule has 4 nitrogen and oxygen atoms in total. The van der Waals surface area contributed by atoms with Crippen molar-refractivity contribution in [1.82, 2.24) is 9.88 Å². The minimum atomic E-state index is -0.203. The summed E-state index contributed by atoms with van der Waals surface area (Å²) in [5.74, 6) is -0.189. The normalized spacial score (nSPS) is 12.5. The molecule has 0 aliphatic heterocycles. The van der Waals surface area contributed by atoms with E-state index in [1.54, 1.807) is 12.3 Å². The van der Waals surface area contributed by atoms with Crippen LogP contribution in [0.2, 0.25) is 5.02 Å². The van der Waals surface area contributed by atoms with E-state index in [4.69, 9.17) is 16.7 Å². The second-order valence-corrected chi connectivity index (χ2v) is 4.43. The number of aliphatic hydroxyl groups is 1. The Kier molecular flexibility index (Phi) is 5.51. The van der Waals surface area contributed by atoms with Crippen LogP contribution < -0.4 is 5.32 Å². The predicted octanol–water partition coefficient (Wildman–Crippen LogP) is 2.05. The Balaban J connectivity index is 2.80. The summed E-state index contributed by atoms with van der Waals surface area (Å²) in [7, 11) is 0. The molecule has 0 saturated carbocycles. The first-order valence-electron chi connectivity index (χ1n) is 5.89. The van der Waals surface area contributed by atoms with Crippen LogP contribution in [0.1, 0.15) is 37.2 Å². The molecule has 0 saturated heterocycles. The van der Waals surface area contributed by atoms with Gasteiger partial charge >= 0.3 is 0 Å². The molecule has 1 heterocycles. The number of amides is 1. The van der Waals surface area contributed by atoms with Gasteiger partial charge in [0, 0.05) is 12.7 Å². The number of hydrogen-bond acceptors (Lipinski definition) is 2. The molecule has 1 amide bonds. The first kappa shape index (κ1) is 14.1. The third-order valence-corrected chi connectivity index (χ3v) is 2.82. The van der Waals surface area contributed by atoms with Gasteiger partial charge in [0.2, 0.25) is 0 Å². The van der Waals surface area contributed by atoms with E-state index in [9.17, 15) is 4.79 Å². The summed E-state index contributed by atoms with van der Waals surface area (Å²) in [6, 6.07) is 1.45. The van der Waals surface area contributed by atoms with Gasteiger partial charge in [0.1, 0.15) is 5.69 Å². The summed E-state index contributed by atoms with van der Waals surface area (Å²) >= 11 is 5.90. The quantitative estimate of drug-likeness (QED) is 0.821. The van der Waals surface area contributed by atoms with Gasteiger partial charge in [-0.05, 0) is 18.9 Å². The molecular weight excluding hydrogens is 240 g/mol. The molecule has 96 valence electrons. The molecule has 1 aromatic heterocycles. The predicted molar refractivity (Wildman–Crippen MR) is 68.4 cm³/mol. The molecule has 0 fully saturated rings. The van der Waals surface area contributed by atoms with Crippen LogP contribution in [0.25, 0.3) is 0 Å². The van der Waals surface area contributed by atoms with Crippen LogP contribution >= 0.6 is 11.6 Å².